The number of furan rings is 1. The summed E-state index contributed by atoms with van der Waals surface area (Å²) in [7, 11) is -3.74. The van der Waals surface area contributed by atoms with Crippen molar-refractivity contribution in [1.29, 1.82) is 0 Å². The predicted molar refractivity (Wildman–Crippen MR) is 120 cm³/mol. The molecule has 166 valence electrons. The third-order valence-corrected chi connectivity index (χ3v) is 5.79. The quantitative estimate of drug-likeness (QED) is 0.264. The van der Waals surface area contributed by atoms with Gasteiger partial charge < -0.3 is 9.73 Å². The third-order valence-electron chi connectivity index (χ3n) is 3.89. The second-order valence-corrected chi connectivity index (χ2v) is 8.89. The molecule has 0 atom stereocenters. The number of nitrogens with zero attached hydrogens (tertiary/aromatic N) is 1. The highest BCUT2D eigenvalue weighted by molar-refractivity contribution is 7.89. The van der Waals surface area contributed by atoms with E-state index in [4.69, 9.17) is 27.6 Å². The topological polar surface area (TPSA) is 130 Å². The van der Waals surface area contributed by atoms with E-state index in [0.29, 0.717) is 21.5 Å². The van der Waals surface area contributed by atoms with Gasteiger partial charge in [0, 0.05) is 15.7 Å². The van der Waals surface area contributed by atoms with Crippen LogP contribution < -0.4 is 15.5 Å². The van der Waals surface area contributed by atoms with E-state index in [0.717, 1.165) is 0 Å². The number of anilines is 1. The molecule has 0 aliphatic carbocycles. The standard InChI is InChI=1S/C20H16Cl2N4O5S/c21-13-4-8-18(9-5-13)32(29,30)24-12-17-7-6-16(31-17)11-23-26-20(28)19(27)25-15-3-1-2-14(22)10-15/h1-11,24H,12H2,(H,25,27)(H,26,28)/b23-11+. The second-order valence-electron chi connectivity index (χ2n) is 6.25. The fraction of sp³-hybridized carbons (Fsp3) is 0.0500. The van der Waals surface area contributed by atoms with Crippen molar-refractivity contribution in [3.05, 3.63) is 82.2 Å². The molecule has 9 nitrogen and oxygen atoms in total. The van der Waals surface area contributed by atoms with Gasteiger partial charge in [0.1, 0.15) is 11.5 Å². The maximum Gasteiger partial charge on any atom is 0.329 e. The van der Waals surface area contributed by atoms with Crippen LogP contribution in [0.4, 0.5) is 5.69 Å². The number of hydrogen-bond donors (Lipinski definition) is 3. The van der Waals surface area contributed by atoms with Crippen molar-refractivity contribution in [2.24, 2.45) is 5.10 Å². The molecule has 0 saturated carbocycles. The second kappa shape index (κ2) is 10.4. The average molecular weight is 495 g/mol. The van der Waals surface area contributed by atoms with Gasteiger partial charge in [-0.05, 0) is 54.6 Å². The van der Waals surface area contributed by atoms with Gasteiger partial charge in [-0.15, -0.1) is 0 Å². The van der Waals surface area contributed by atoms with Crippen molar-refractivity contribution < 1.29 is 22.4 Å². The molecule has 0 aliphatic heterocycles. The lowest BCUT2D eigenvalue weighted by Crippen LogP contribution is -2.32. The zero-order valence-corrected chi connectivity index (χ0v) is 18.5. The van der Waals surface area contributed by atoms with Gasteiger partial charge in [-0.1, -0.05) is 29.3 Å². The minimum absolute atomic E-state index is 0.0639. The predicted octanol–water partition coefficient (Wildman–Crippen LogP) is 3.15. The molecular formula is C20H16Cl2N4O5S. The summed E-state index contributed by atoms with van der Waals surface area (Å²) < 4.78 is 32.4. The smallest absolute Gasteiger partial charge is 0.329 e. The highest BCUT2D eigenvalue weighted by Crippen LogP contribution is 2.15. The van der Waals surface area contributed by atoms with Crippen LogP contribution in [-0.2, 0) is 26.2 Å². The molecule has 2 amide bonds. The molecule has 0 bridgehead atoms. The number of halogens is 2. The molecule has 1 aromatic heterocycles. The molecule has 3 rings (SSSR count). The Labute approximate surface area is 193 Å². The molecule has 0 aliphatic rings. The molecule has 32 heavy (non-hydrogen) atoms. The number of nitrogens with one attached hydrogen (secondary N) is 3. The molecular weight excluding hydrogens is 479 g/mol. The SMILES string of the molecule is O=C(N/N=C/c1ccc(CNS(=O)(=O)c2ccc(Cl)cc2)o1)C(=O)Nc1cccc(Cl)c1. The van der Waals surface area contributed by atoms with Gasteiger partial charge in [-0.25, -0.2) is 18.6 Å². The number of carbonyl (C=O) groups is 2. The van der Waals surface area contributed by atoms with E-state index in [2.05, 4.69) is 20.6 Å². The molecule has 0 spiro atoms. The Kier molecular flexibility index (Phi) is 7.65. The number of hydrogen-bond acceptors (Lipinski definition) is 6. The van der Waals surface area contributed by atoms with Gasteiger partial charge in [-0.2, -0.15) is 5.10 Å². The summed E-state index contributed by atoms with van der Waals surface area (Å²) in [6.07, 6.45) is 1.17. The third kappa shape index (κ3) is 6.66. The van der Waals surface area contributed by atoms with Crippen molar-refractivity contribution in [3.8, 4) is 0 Å². The van der Waals surface area contributed by atoms with Crippen molar-refractivity contribution in [1.82, 2.24) is 10.1 Å². The van der Waals surface area contributed by atoms with E-state index in [1.807, 2.05) is 0 Å². The highest BCUT2D eigenvalue weighted by atomic mass is 35.5. The lowest BCUT2D eigenvalue weighted by molar-refractivity contribution is -0.136. The number of rotatable bonds is 7. The van der Waals surface area contributed by atoms with E-state index < -0.39 is 21.8 Å². The molecule has 3 N–H and O–H groups in total. The Morgan fingerprint density at radius 3 is 2.44 bits per heavy atom. The van der Waals surface area contributed by atoms with Crippen LogP contribution in [-0.4, -0.2) is 26.4 Å². The highest BCUT2D eigenvalue weighted by Gasteiger charge is 2.15. The summed E-state index contributed by atoms with van der Waals surface area (Å²) in [4.78, 5) is 23.7. The Balaban J connectivity index is 1.50. The minimum Gasteiger partial charge on any atom is -0.459 e. The average Bonchev–Trinajstić information content (AvgIpc) is 3.20. The molecule has 1 heterocycles. The molecule has 0 saturated heterocycles. The molecule has 12 heteroatoms. The molecule has 0 fully saturated rings. The number of hydrazone groups is 1. The lowest BCUT2D eigenvalue weighted by Gasteiger charge is -2.05. The number of sulfonamides is 1. The molecule has 0 unspecified atom stereocenters. The van der Waals surface area contributed by atoms with Crippen molar-refractivity contribution >= 4 is 56.9 Å². The minimum atomic E-state index is -3.74. The Hall–Kier alpha value is -3.18. The van der Waals surface area contributed by atoms with Gasteiger partial charge in [0.15, 0.2) is 0 Å². The van der Waals surface area contributed by atoms with Crippen LogP contribution in [0.5, 0.6) is 0 Å². The first-order chi connectivity index (χ1) is 15.2. The van der Waals surface area contributed by atoms with Gasteiger partial charge in [0.05, 0.1) is 17.7 Å². The van der Waals surface area contributed by atoms with Gasteiger partial charge in [-0.3, -0.25) is 9.59 Å². The summed E-state index contributed by atoms with van der Waals surface area (Å²) >= 11 is 11.6. The van der Waals surface area contributed by atoms with E-state index >= 15 is 0 Å². The Morgan fingerprint density at radius 1 is 0.969 bits per heavy atom. The molecule has 3 aromatic rings. The number of amides is 2. The Bertz CT molecular complexity index is 1260. The first-order valence-electron chi connectivity index (χ1n) is 8.97. The zero-order chi connectivity index (χ0) is 23.1. The fourth-order valence-electron chi connectivity index (χ4n) is 2.38. The van der Waals surface area contributed by atoms with Crippen molar-refractivity contribution in [2.75, 3.05) is 5.32 Å². The maximum absolute atomic E-state index is 12.3. The van der Waals surface area contributed by atoms with Crippen LogP contribution in [0.3, 0.4) is 0 Å². The van der Waals surface area contributed by atoms with Crippen LogP contribution in [0, 0.1) is 0 Å². The van der Waals surface area contributed by atoms with Crippen LogP contribution in [0.15, 0.2) is 75.1 Å². The van der Waals surface area contributed by atoms with E-state index in [1.165, 1.54) is 42.6 Å². The number of benzene rings is 2. The van der Waals surface area contributed by atoms with E-state index in [1.54, 1.807) is 24.3 Å². The first-order valence-corrected chi connectivity index (χ1v) is 11.2. The van der Waals surface area contributed by atoms with Crippen LogP contribution in [0.2, 0.25) is 10.0 Å². The Morgan fingerprint density at radius 2 is 1.72 bits per heavy atom. The zero-order valence-electron chi connectivity index (χ0n) is 16.2. The molecule has 2 aromatic carbocycles. The van der Waals surface area contributed by atoms with Gasteiger partial charge in [0.2, 0.25) is 10.0 Å². The van der Waals surface area contributed by atoms with Gasteiger partial charge >= 0.3 is 11.8 Å². The number of carbonyl (C=O) groups excluding carboxylic acids is 2. The van der Waals surface area contributed by atoms with E-state index in [9.17, 15) is 18.0 Å². The summed E-state index contributed by atoms with van der Waals surface area (Å²) in [6.45, 7) is -0.104. The van der Waals surface area contributed by atoms with Crippen molar-refractivity contribution in [2.45, 2.75) is 11.4 Å². The monoisotopic (exact) mass is 494 g/mol. The summed E-state index contributed by atoms with van der Waals surface area (Å²) in [5, 5.41) is 6.85. The van der Waals surface area contributed by atoms with Crippen LogP contribution >= 0.6 is 23.2 Å². The largest absolute Gasteiger partial charge is 0.459 e. The fourth-order valence-corrected chi connectivity index (χ4v) is 3.69. The van der Waals surface area contributed by atoms with Gasteiger partial charge in [0.25, 0.3) is 0 Å². The normalized spacial score (nSPS) is 11.4. The summed E-state index contributed by atoms with van der Waals surface area (Å²) in [6, 6.07) is 15.1. The maximum atomic E-state index is 12.3. The van der Waals surface area contributed by atoms with Crippen LogP contribution in [0.1, 0.15) is 11.5 Å². The molecule has 0 radical (unpaired) electrons. The summed E-state index contributed by atoms with van der Waals surface area (Å²) in [5.74, 6) is -1.37. The lowest BCUT2D eigenvalue weighted by atomic mass is 10.3. The van der Waals surface area contributed by atoms with E-state index in [-0.39, 0.29) is 17.2 Å². The van der Waals surface area contributed by atoms with Crippen LogP contribution in [0.25, 0.3) is 0 Å². The van der Waals surface area contributed by atoms with Crippen molar-refractivity contribution in [3.63, 3.8) is 0 Å². The summed E-state index contributed by atoms with van der Waals surface area (Å²) in [5.41, 5.74) is 2.42. The first kappa shape index (κ1) is 23.5.